The molecule has 0 unspecified atom stereocenters. The number of hydrogen-bond acceptors (Lipinski definition) is 1. The summed E-state index contributed by atoms with van der Waals surface area (Å²) in [6, 6.07) is 37.0. The molecule has 1 atom stereocenters. The molecule has 184 valence electrons. The Balaban J connectivity index is 0.000000251. The standard InChI is InChI=1S/C22H22F3N.C10H8/c1-16(20-13-5-10-18-9-2-3-12-21(18)20)26-14-6-8-17-7-4-11-19(15-17)22(23,24)25;1-2-6-10-8-4-3-7-9(10)5-1/h2-5,7,9-13,15-16,26H,6,8,14H2,1H3;1-8H/t16-;/m1./s1. The molecule has 0 radical (unpaired) electrons. The first-order valence-corrected chi connectivity index (χ1v) is 12.2. The normalized spacial score (nSPS) is 12.2. The van der Waals surface area contributed by atoms with Crippen molar-refractivity contribution in [2.75, 3.05) is 6.54 Å². The third-order valence-electron chi connectivity index (χ3n) is 6.30. The Bertz CT molecular complexity index is 1340. The van der Waals surface area contributed by atoms with Crippen LogP contribution in [0.1, 0.15) is 36.1 Å². The van der Waals surface area contributed by atoms with E-state index in [4.69, 9.17) is 0 Å². The number of alkyl halides is 3. The first-order chi connectivity index (χ1) is 17.4. The van der Waals surface area contributed by atoms with E-state index in [-0.39, 0.29) is 6.04 Å². The van der Waals surface area contributed by atoms with Gasteiger partial charge < -0.3 is 5.32 Å². The fourth-order valence-corrected chi connectivity index (χ4v) is 4.39. The smallest absolute Gasteiger partial charge is 0.310 e. The molecular formula is C32H30F3N. The highest BCUT2D eigenvalue weighted by Crippen LogP contribution is 2.30. The highest BCUT2D eigenvalue weighted by molar-refractivity contribution is 5.86. The highest BCUT2D eigenvalue weighted by Gasteiger charge is 2.30. The van der Waals surface area contributed by atoms with Crippen LogP contribution in [0.25, 0.3) is 21.5 Å². The number of fused-ring (bicyclic) bond motifs is 2. The predicted molar refractivity (Wildman–Crippen MR) is 144 cm³/mol. The lowest BCUT2D eigenvalue weighted by atomic mass is 9.99. The molecule has 1 nitrogen and oxygen atoms in total. The van der Waals surface area contributed by atoms with Crippen LogP contribution in [0.3, 0.4) is 0 Å². The molecular weight excluding hydrogens is 455 g/mol. The summed E-state index contributed by atoms with van der Waals surface area (Å²) in [7, 11) is 0. The van der Waals surface area contributed by atoms with Crippen molar-refractivity contribution in [3.63, 3.8) is 0 Å². The zero-order chi connectivity index (χ0) is 25.4. The van der Waals surface area contributed by atoms with Crippen LogP contribution < -0.4 is 5.32 Å². The third-order valence-corrected chi connectivity index (χ3v) is 6.30. The Hall–Kier alpha value is -3.63. The van der Waals surface area contributed by atoms with Crippen LogP contribution >= 0.6 is 0 Å². The SMILES string of the molecule is C[C@@H](NCCCc1cccc(C(F)(F)F)c1)c1cccc2ccccc12.c1ccc2ccccc2c1. The fourth-order valence-electron chi connectivity index (χ4n) is 4.39. The summed E-state index contributed by atoms with van der Waals surface area (Å²) in [4.78, 5) is 0. The topological polar surface area (TPSA) is 12.0 Å². The zero-order valence-corrected chi connectivity index (χ0v) is 20.3. The Labute approximate surface area is 210 Å². The van der Waals surface area contributed by atoms with Crippen LogP contribution in [-0.4, -0.2) is 6.54 Å². The molecule has 5 rings (SSSR count). The summed E-state index contributed by atoms with van der Waals surface area (Å²) in [5, 5.41) is 8.54. The van der Waals surface area contributed by atoms with Gasteiger partial charge in [0.1, 0.15) is 0 Å². The lowest BCUT2D eigenvalue weighted by molar-refractivity contribution is -0.137. The molecule has 0 aromatic heterocycles. The van der Waals surface area contributed by atoms with Crippen molar-refractivity contribution in [3.05, 3.63) is 132 Å². The number of aryl methyl sites for hydroxylation is 1. The van der Waals surface area contributed by atoms with Crippen molar-refractivity contribution in [3.8, 4) is 0 Å². The van der Waals surface area contributed by atoms with Crippen LogP contribution in [-0.2, 0) is 12.6 Å². The minimum atomic E-state index is -4.28. The van der Waals surface area contributed by atoms with Crippen LogP contribution in [0.15, 0.2) is 115 Å². The Morgan fingerprint density at radius 1 is 0.667 bits per heavy atom. The summed E-state index contributed by atoms with van der Waals surface area (Å²) >= 11 is 0. The molecule has 0 aliphatic rings. The fraction of sp³-hybridized carbons (Fsp3) is 0.188. The number of nitrogens with one attached hydrogen (secondary N) is 1. The van der Waals surface area contributed by atoms with Gasteiger partial charge in [-0.1, -0.05) is 109 Å². The second kappa shape index (κ2) is 11.9. The van der Waals surface area contributed by atoms with Gasteiger partial charge in [0.15, 0.2) is 0 Å². The predicted octanol–water partition coefficient (Wildman–Crippen LogP) is 8.98. The molecule has 0 heterocycles. The van der Waals surface area contributed by atoms with Crippen molar-refractivity contribution in [1.29, 1.82) is 0 Å². The second-order valence-electron chi connectivity index (χ2n) is 8.89. The summed E-state index contributed by atoms with van der Waals surface area (Å²) in [5.74, 6) is 0. The quantitative estimate of drug-likeness (QED) is 0.237. The van der Waals surface area contributed by atoms with Crippen molar-refractivity contribution >= 4 is 21.5 Å². The lowest BCUT2D eigenvalue weighted by Crippen LogP contribution is -2.20. The molecule has 0 spiro atoms. The van der Waals surface area contributed by atoms with E-state index in [0.29, 0.717) is 6.42 Å². The first kappa shape index (κ1) is 25.5. The van der Waals surface area contributed by atoms with Gasteiger partial charge in [0.05, 0.1) is 5.56 Å². The third kappa shape index (κ3) is 6.73. The van der Waals surface area contributed by atoms with Crippen molar-refractivity contribution in [2.45, 2.75) is 32.0 Å². The van der Waals surface area contributed by atoms with Gasteiger partial charge in [0, 0.05) is 6.04 Å². The Morgan fingerprint density at radius 3 is 1.86 bits per heavy atom. The number of halogens is 3. The summed E-state index contributed by atoms with van der Waals surface area (Å²) in [6.07, 6.45) is -2.87. The van der Waals surface area contributed by atoms with Gasteiger partial charge >= 0.3 is 6.18 Å². The Morgan fingerprint density at radius 2 is 1.22 bits per heavy atom. The highest BCUT2D eigenvalue weighted by atomic mass is 19.4. The Kier molecular flexibility index (Phi) is 8.40. The molecule has 0 amide bonds. The molecule has 1 N–H and O–H groups in total. The van der Waals surface area contributed by atoms with Crippen LogP contribution in [0.5, 0.6) is 0 Å². The average molecular weight is 486 g/mol. The minimum Gasteiger partial charge on any atom is -0.310 e. The number of benzene rings is 5. The van der Waals surface area contributed by atoms with E-state index < -0.39 is 11.7 Å². The maximum atomic E-state index is 12.8. The van der Waals surface area contributed by atoms with E-state index >= 15 is 0 Å². The van der Waals surface area contributed by atoms with Crippen LogP contribution in [0.4, 0.5) is 13.2 Å². The van der Waals surface area contributed by atoms with Gasteiger partial charge in [-0.2, -0.15) is 13.2 Å². The van der Waals surface area contributed by atoms with Crippen molar-refractivity contribution in [2.24, 2.45) is 0 Å². The summed E-state index contributed by atoms with van der Waals surface area (Å²) in [5.41, 5.74) is 1.38. The van der Waals surface area contributed by atoms with Gasteiger partial charge in [-0.25, -0.2) is 0 Å². The molecule has 0 saturated carbocycles. The summed E-state index contributed by atoms with van der Waals surface area (Å²) in [6.45, 7) is 2.87. The number of rotatable bonds is 6. The van der Waals surface area contributed by atoms with Gasteiger partial charge in [0.25, 0.3) is 0 Å². The molecule has 0 fully saturated rings. The zero-order valence-electron chi connectivity index (χ0n) is 20.3. The number of hydrogen-bond donors (Lipinski definition) is 1. The van der Waals surface area contributed by atoms with Crippen LogP contribution in [0, 0.1) is 0 Å². The van der Waals surface area contributed by atoms with Gasteiger partial charge in [-0.05, 0) is 65.0 Å². The summed E-state index contributed by atoms with van der Waals surface area (Å²) < 4.78 is 38.3. The van der Waals surface area contributed by atoms with E-state index in [0.717, 1.165) is 24.6 Å². The van der Waals surface area contributed by atoms with E-state index in [1.165, 1.54) is 39.2 Å². The van der Waals surface area contributed by atoms with E-state index in [1.54, 1.807) is 6.07 Å². The van der Waals surface area contributed by atoms with Gasteiger partial charge in [-0.3, -0.25) is 0 Å². The first-order valence-electron chi connectivity index (χ1n) is 12.2. The molecule has 36 heavy (non-hydrogen) atoms. The monoisotopic (exact) mass is 485 g/mol. The molecule has 0 bridgehead atoms. The molecule has 5 aromatic carbocycles. The van der Waals surface area contributed by atoms with Crippen LogP contribution in [0.2, 0.25) is 0 Å². The van der Waals surface area contributed by atoms with E-state index in [2.05, 4.69) is 91.1 Å². The van der Waals surface area contributed by atoms with Crippen molar-refractivity contribution < 1.29 is 13.2 Å². The molecule has 0 aliphatic heterocycles. The average Bonchev–Trinajstić information content (AvgIpc) is 2.91. The molecule has 5 aromatic rings. The minimum absolute atomic E-state index is 0.183. The maximum Gasteiger partial charge on any atom is 0.416 e. The molecule has 4 heteroatoms. The maximum absolute atomic E-state index is 12.8. The lowest BCUT2D eigenvalue weighted by Gasteiger charge is -2.17. The van der Waals surface area contributed by atoms with Crippen molar-refractivity contribution in [1.82, 2.24) is 5.32 Å². The second-order valence-corrected chi connectivity index (χ2v) is 8.89. The van der Waals surface area contributed by atoms with E-state index in [1.807, 2.05) is 12.1 Å². The molecule has 0 saturated heterocycles. The van der Waals surface area contributed by atoms with Gasteiger partial charge in [0.2, 0.25) is 0 Å². The molecule has 0 aliphatic carbocycles. The largest absolute Gasteiger partial charge is 0.416 e. The van der Waals surface area contributed by atoms with Gasteiger partial charge in [-0.15, -0.1) is 0 Å². The van der Waals surface area contributed by atoms with E-state index in [9.17, 15) is 13.2 Å².